The van der Waals surface area contributed by atoms with E-state index < -0.39 is 0 Å². The van der Waals surface area contributed by atoms with Gasteiger partial charge in [0, 0.05) is 10.2 Å². The van der Waals surface area contributed by atoms with Crippen molar-refractivity contribution < 1.29 is 5.11 Å². The van der Waals surface area contributed by atoms with Crippen LogP contribution in [0.5, 0.6) is 0 Å². The highest BCUT2D eigenvalue weighted by atomic mass is 79.9. The quantitative estimate of drug-likeness (QED) is 0.707. The molecular weight excluding hydrogens is 212 g/mol. The molecule has 0 saturated heterocycles. The summed E-state index contributed by atoms with van der Waals surface area (Å²) in [6.45, 7) is 0.436. The summed E-state index contributed by atoms with van der Waals surface area (Å²) in [5.41, 5.74) is 0. The standard InChI is InChI=1S/C3H6Br2O/c4-1-3(5)2-6/h3,6H,1-2H2/i6T. The van der Waals surface area contributed by atoms with E-state index in [2.05, 4.69) is 37.0 Å². The second-order valence-corrected chi connectivity index (χ2v) is 2.86. The molecule has 1 unspecified atom stereocenters. The van der Waals surface area contributed by atoms with Crippen LogP contribution in [0, 0.1) is 0 Å². The second-order valence-electron chi connectivity index (χ2n) is 0.918. The fraction of sp³-hybridized carbons (Fsp3) is 1.00. The van der Waals surface area contributed by atoms with Crippen molar-refractivity contribution in [1.29, 1.82) is 1.43 Å². The van der Waals surface area contributed by atoms with Crippen LogP contribution in [0.4, 0.5) is 0 Å². The van der Waals surface area contributed by atoms with Crippen molar-refractivity contribution in [3.05, 3.63) is 0 Å². The van der Waals surface area contributed by atoms with E-state index in [9.17, 15) is 0 Å². The molecule has 0 radical (unpaired) electrons. The Kier molecular flexibility index (Phi) is 3.45. The zero-order valence-electron chi connectivity index (χ0n) is 4.16. The molecule has 0 aromatic rings. The monoisotopic (exact) mass is 218 g/mol. The predicted octanol–water partition coefficient (Wildman–Crippen LogP) is 1.14. The second kappa shape index (κ2) is 4.09. The average molecular weight is 220 g/mol. The largest absolute Gasteiger partial charge is 0.395 e. The van der Waals surface area contributed by atoms with Gasteiger partial charge in [-0.3, -0.25) is 0 Å². The maximum Gasteiger partial charge on any atom is 0.210 e. The van der Waals surface area contributed by atoms with Gasteiger partial charge in [0.25, 0.3) is 0 Å². The van der Waals surface area contributed by atoms with E-state index in [1.165, 1.54) is 0 Å². The van der Waals surface area contributed by atoms with Crippen molar-refractivity contribution in [1.82, 2.24) is 0 Å². The molecule has 0 saturated carbocycles. The van der Waals surface area contributed by atoms with Crippen molar-refractivity contribution in [3.8, 4) is 0 Å². The molecule has 0 rings (SSSR count). The molecule has 6 heavy (non-hydrogen) atoms. The van der Waals surface area contributed by atoms with Crippen molar-refractivity contribution in [2.45, 2.75) is 4.83 Å². The van der Waals surface area contributed by atoms with Gasteiger partial charge in [0.2, 0.25) is 1.43 Å². The number of aliphatic hydroxyl groups excluding tert-OH is 1. The fourth-order valence-electron chi connectivity index (χ4n) is 0.0445. The van der Waals surface area contributed by atoms with Crippen molar-refractivity contribution in [2.75, 3.05) is 11.9 Å². The van der Waals surface area contributed by atoms with Gasteiger partial charge in [0.1, 0.15) is 0 Å². The molecule has 0 aliphatic carbocycles. The Morgan fingerprint density at radius 1 is 2.00 bits per heavy atom. The minimum atomic E-state index is 0.269. The molecule has 1 N–H and O–H groups in total. The van der Waals surface area contributed by atoms with Crippen LogP contribution < -0.4 is 0 Å². The number of hydrogen-bond donors (Lipinski definition) is 1. The Labute approximate surface area is 55.5 Å². The third kappa shape index (κ3) is 3.12. The van der Waals surface area contributed by atoms with Crippen molar-refractivity contribution in [3.63, 3.8) is 0 Å². The maximum atomic E-state index is 6.29. The molecule has 0 fully saturated rings. The molecule has 0 aliphatic heterocycles. The van der Waals surface area contributed by atoms with E-state index in [1.807, 2.05) is 0 Å². The Bertz CT molecular complexity index is 43.9. The SMILES string of the molecule is [3H]OCC(Br)CBr. The summed E-state index contributed by atoms with van der Waals surface area (Å²) in [5.74, 6) is 0. The third-order valence-corrected chi connectivity index (χ3v) is 2.59. The molecule has 0 bridgehead atoms. The van der Waals surface area contributed by atoms with E-state index in [1.54, 1.807) is 0 Å². The minimum absolute atomic E-state index is 0.269. The van der Waals surface area contributed by atoms with Gasteiger partial charge in [-0.15, -0.1) is 0 Å². The molecule has 0 amide bonds. The third-order valence-electron chi connectivity index (χ3n) is 0.348. The van der Waals surface area contributed by atoms with Gasteiger partial charge in [-0.25, -0.2) is 0 Å². The fourth-order valence-corrected chi connectivity index (χ4v) is 0.231. The number of halogens is 2. The number of rotatable bonds is 3. The van der Waals surface area contributed by atoms with E-state index in [0.717, 1.165) is 5.33 Å². The lowest BCUT2D eigenvalue weighted by atomic mass is 10.5. The lowest BCUT2D eigenvalue weighted by molar-refractivity contribution is 0.303. The van der Waals surface area contributed by atoms with Gasteiger partial charge < -0.3 is 5.11 Å². The first-order chi connectivity index (χ1) is 3.31. The first-order valence-corrected chi connectivity index (χ1v) is 3.63. The van der Waals surface area contributed by atoms with Gasteiger partial charge in [-0.2, -0.15) is 0 Å². The molecule has 38 valence electrons. The lowest BCUT2D eigenvalue weighted by Gasteiger charge is -1.94. The highest BCUT2D eigenvalue weighted by Crippen LogP contribution is 1.99. The highest BCUT2D eigenvalue weighted by Gasteiger charge is 1.94. The minimum Gasteiger partial charge on any atom is -0.395 e. The Morgan fingerprint density at radius 3 is 2.83 bits per heavy atom. The maximum absolute atomic E-state index is 6.29. The van der Waals surface area contributed by atoms with Gasteiger partial charge in [-0.1, -0.05) is 31.9 Å². The summed E-state index contributed by atoms with van der Waals surface area (Å²) in [5, 5.41) is 4.89. The Balaban J connectivity index is 2.83. The van der Waals surface area contributed by atoms with E-state index in [4.69, 9.17) is 1.43 Å². The van der Waals surface area contributed by atoms with Gasteiger partial charge in [-0.05, 0) is 0 Å². The summed E-state index contributed by atoms with van der Waals surface area (Å²) in [6, 6.07) is 0. The Morgan fingerprint density at radius 2 is 2.67 bits per heavy atom. The van der Waals surface area contributed by atoms with Crippen LogP contribution in [0.15, 0.2) is 0 Å². The van der Waals surface area contributed by atoms with Crippen LogP contribution in [-0.4, -0.2) is 23.3 Å². The molecular formula is C3H6Br2O. The summed E-state index contributed by atoms with van der Waals surface area (Å²) >= 11 is 6.45. The van der Waals surface area contributed by atoms with Crippen LogP contribution in [0.1, 0.15) is 0 Å². The molecule has 1 atom stereocenters. The summed E-state index contributed by atoms with van der Waals surface area (Å²) in [6.07, 6.45) is 0. The molecule has 3 heteroatoms. The van der Waals surface area contributed by atoms with Crippen molar-refractivity contribution >= 4 is 31.9 Å². The summed E-state index contributed by atoms with van der Waals surface area (Å²) in [4.78, 5) is 0.269. The summed E-state index contributed by atoms with van der Waals surface area (Å²) in [7, 11) is 0. The van der Waals surface area contributed by atoms with Gasteiger partial charge in [0.15, 0.2) is 0 Å². The van der Waals surface area contributed by atoms with E-state index in [-0.39, 0.29) is 4.83 Å². The number of alkyl halides is 2. The van der Waals surface area contributed by atoms with Gasteiger partial charge in [0.05, 0.1) is 6.61 Å². The van der Waals surface area contributed by atoms with Crippen LogP contribution >= 0.6 is 31.9 Å². The zero-order valence-corrected chi connectivity index (χ0v) is 6.33. The van der Waals surface area contributed by atoms with E-state index >= 15 is 0 Å². The van der Waals surface area contributed by atoms with Crippen LogP contribution in [0.3, 0.4) is 0 Å². The van der Waals surface area contributed by atoms with Crippen LogP contribution in [-0.2, 0) is 0 Å². The number of hydrogen-bond acceptors (Lipinski definition) is 1. The lowest BCUT2D eigenvalue weighted by Crippen LogP contribution is -2.03. The predicted molar refractivity (Wildman–Crippen MR) is 33.6 cm³/mol. The van der Waals surface area contributed by atoms with Crippen LogP contribution in [0.25, 0.3) is 0 Å². The van der Waals surface area contributed by atoms with Gasteiger partial charge >= 0.3 is 0 Å². The number of aliphatic hydroxyl groups is 1. The highest BCUT2D eigenvalue weighted by molar-refractivity contribution is 9.12. The zero-order chi connectivity index (χ0) is 5.70. The molecule has 0 aliphatic rings. The molecule has 0 heterocycles. The molecule has 0 spiro atoms. The molecule has 0 aromatic heterocycles. The van der Waals surface area contributed by atoms with Crippen molar-refractivity contribution in [2.24, 2.45) is 0 Å². The molecule has 0 aromatic carbocycles. The normalized spacial score (nSPS) is 16.7. The first-order valence-electron chi connectivity index (χ1n) is 2.00. The Hall–Kier alpha value is 0.920. The average Bonchev–Trinajstić information content (AvgIpc) is 1.68. The van der Waals surface area contributed by atoms with Crippen LogP contribution in [0.2, 0.25) is 0 Å². The molecule has 1 nitrogen and oxygen atoms in total. The topological polar surface area (TPSA) is 20.2 Å². The smallest absolute Gasteiger partial charge is 0.210 e. The summed E-state index contributed by atoms with van der Waals surface area (Å²) < 4.78 is 6.29. The first kappa shape index (κ1) is 5.06. The van der Waals surface area contributed by atoms with E-state index in [0.29, 0.717) is 6.61 Å².